The molecule has 0 aliphatic rings. The highest BCUT2D eigenvalue weighted by Gasteiger charge is 2.14. The molecular formula is C22H18N4O5S. The normalized spacial score (nSPS) is 10.0. The van der Waals surface area contributed by atoms with Crippen LogP contribution in [0.25, 0.3) is 0 Å². The van der Waals surface area contributed by atoms with Gasteiger partial charge in [0.1, 0.15) is 12.4 Å². The van der Waals surface area contributed by atoms with Gasteiger partial charge in [0, 0.05) is 17.7 Å². The van der Waals surface area contributed by atoms with Crippen molar-refractivity contribution >= 4 is 34.8 Å². The largest absolute Gasteiger partial charge is 0.488 e. The van der Waals surface area contributed by atoms with Gasteiger partial charge >= 0.3 is 0 Å². The van der Waals surface area contributed by atoms with E-state index in [9.17, 15) is 19.7 Å². The summed E-state index contributed by atoms with van der Waals surface area (Å²) >= 11 is 5.02. The molecule has 0 bridgehead atoms. The summed E-state index contributed by atoms with van der Waals surface area (Å²) in [4.78, 5) is 34.9. The van der Waals surface area contributed by atoms with E-state index in [4.69, 9.17) is 17.0 Å². The van der Waals surface area contributed by atoms with Crippen LogP contribution in [0.1, 0.15) is 26.3 Å². The van der Waals surface area contributed by atoms with E-state index in [1.807, 2.05) is 30.3 Å². The van der Waals surface area contributed by atoms with Gasteiger partial charge in [-0.05, 0) is 42.0 Å². The Hall–Kier alpha value is -4.31. The zero-order valence-electron chi connectivity index (χ0n) is 16.6. The first kappa shape index (κ1) is 22.4. The van der Waals surface area contributed by atoms with E-state index in [2.05, 4.69) is 16.2 Å². The molecule has 0 radical (unpaired) electrons. The third kappa shape index (κ3) is 6.09. The van der Waals surface area contributed by atoms with Crippen LogP contribution in [-0.4, -0.2) is 21.9 Å². The highest BCUT2D eigenvalue weighted by Crippen LogP contribution is 2.19. The molecule has 0 aliphatic carbocycles. The lowest BCUT2D eigenvalue weighted by molar-refractivity contribution is -0.384. The maximum atomic E-state index is 12.5. The maximum Gasteiger partial charge on any atom is 0.273 e. The van der Waals surface area contributed by atoms with Crippen molar-refractivity contribution in [3.63, 3.8) is 0 Å². The van der Waals surface area contributed by atoms with Crippen LogP contribution in [-0.2, 0) is 6.61 Å². The number of nitrogens with zero attached hydrogens (tertiary/aromatic N) is 1. The van der Waals surface area contributed by atoms with Crippen LogP contribution in [0.3, 0.4) is 0 Å². The molecule has 0 atom stereocenters. The number of ether oxygens (including phenoxy) is 1. The number of nitrogens with one attached hydrogen (secondary N) is 3. The number of nitro groups is 1. The number of non-ortho nitro benzene ring substituents is 1. The number of rotatable bonds is 6. The van der Waals surface area contributed by atoms with Crippen LogP contribution in [0.5, 0.6) is 5.75 Å². The molecular weight excluding hydrogens is 432 g/mol. The van der Waals surface area contributed by atoms with E-state index in [-0.39, 0.29) is 21.9 Å². The molecule has 162 valence electrons. The molecule has 3 rings (SSSR count). The Balaban J connectivity index is 1.54. The van der Waals surface area contributed by atoms with Crippen LogP contribution < -0.4 is 20.9 Å². The molecule has 9 nitrogen and oxygen atoms in total. The van der Waals surface area contributed by atoms with Crippen molar-refractivity contribution in [3.8, 4) is 5.75 Å². The number of carbonyl (C=O) groups excluding carboxylic acids is 2. The average molecular weight is 450 g/mol. The summed E-state index contributed by atoms with van der Waals surface area (Å²) in [5, 5.41) is 12.9. The number of thiocarbonyl (C=S) groups is 1. The van der Waals surface area contributed by atoms with Crippen LogP contribution in [0.4, 0.5) is 5.69 Å². The molecule has 0 unspecified atom stereocenters. The molecule has 0 spiro atoms. The van der Waals surface area contributed by atoms with E-state index < -0.39 is 16.7 Å². The minimum absolute atomic E-state index is 0.136. The number of hydrogen-bond acceptors (Lipinski definition) is 6. The Morgan fingerprint density at radius 2 is 1.53 bits per heavy atom. The average Bonchev–Trinajstić information content (AvgIpc) is 2.82. The number of amides is 2. The second kappa shape index (κ2) is 10.6. The van der Waals surface area contributed by atoms with E-state index in [0.717, 1.165) is 5.56 Å². The lowest BCUT2D eigenvalue weighted by atomic mass is 10.2. The number of para-hydroxylation sites is 1. The van der Waals surface area contributed by atoms with Crippen LogP contribution in [0.15, 0.2) is 78.9 Å². The SMILES string of the molecule is O=C(NC(=S)NNC(=O)c1ccccc1OCc1ccccc1)c1ccc([N+](=O)[O-])cc1. The summed E-state index contributed by atoms with van der Waals surface area (Å²) in [5.74, 6) is -0.713. The predicted octanol–water partition coefficient (Wildman–Crippen LogP) is 3.12. The van der Waals surface area contributed by atoms with Crippen molar-refractivity contribution in [2.24, 2.45) is 0 Å². The Morgan fingerprint density at radius 1 is 0.875 bits per heavy atom. The molecule has 0 aliphatic heterocycles. The number of benzene rings is 3. The topological polar surface area (TPSA) is 123 Å². The number of nitro benzene ring substituents is 1. The summed E-state index contributed by atoms with van der Waals surface area (Å²) in [6.45, 7) is 0.294. The minimum atomic E-state index is -0.585. The van der Waals surface area contributed by atoms with Gasteiger partial charge in [-0.15, -0.1) is 0 Å². The Bertz CT molecular complexity index is 1140. The molecule has 3 N–H and O–H groups in total. The molecule has 10 heteroatoms. The third-order valence-electron chi connectivity index (χ3n) is 4.23. The fourth-order valence-electron chi connectivity index (χ4n) is 2.64. The molecule has 0 saturated carbocycles. The molecule has 2 amide bonds. The fourth-order valence-corrected chi connectivity index (χ4v) is 2.78. The quantitative estimate of drug-likeness (QED) is 0.300. The monoisotopic (exact) mass is 450 g/mol. The molecule has 3 aromatic carbocycles. The highest BCUT2D eigenvalue weighted by atomic mass is 32.1. The van der Waals surface area contributed by atoms with Gasteiger partial charge in [-0.3, -0.25) is 35.9 Å². The first-order valence-electron chi connectivity index (χ1n) is 9.36. The summed E-state index contributed by atoms with van der Waals surface area (Å²) in [6, 6.07) is 21.2. The van der Waals surface area contributed by atoms with Crippen molar-refractivity contribution in [1.82, 2.24) is 16.2 Å². The maximum absolute atomic E-state index is 12.5. The Labute approximate surface area is 188 Å². The van der Waals surface area contributed by atoms with Crippen molar-refractivity contribution in [2.45, 2.75) is 6.61 Å². The Morgan fingerprint density at radius 3 is 2.22 bits per heavy atom. The van der Waals surface area contributed by atoms with Gasteiger partial charge < -0.3 is 4.74 Å². The van der Waals surface area contributed by atoms with Gasteiger partial charge in [0.05, 0.1) is 10.5 Å². The Kier molecular flexibility index (Phi) is 7.44. The van der Waals surface area contributed by atoms with Crippen LogP contribution in [0, 0.1) is 10.1 Å². The standard InChI is InChI=1S/C22H18N4O5S/c27-20(16-10-12-17(13-11-16)26(29)30)23-22(32)25-24-21(28)18-8-4-5-9-19(18)31-14-15-6-2-1-3-7-15/h1-13H,14H2,(H,24,28)(H2,23,25,27,32). The van der Waals surface area contributed by atoms with E-state index in [1.54, 1.807) is 24.3 Å². The van der Waals surface area contributed by atoms with Gasteiger partial charge in [-0.25, -0.2) is 0 Å². The van der Waals surface area contributed by atoms with Gasteiger partial charge in [0.2, 0.25) is 0 Å². The van der Waals surface area contributed by atoms with Gasteiger partial charge in [0.25, 0.3) is 17.5 Å². The number of hydrazine groups is 1. The van der Waals surface area contributed by atoms with Crippen molar-refractivity contribution < 1.29 is 19.2 Å². The molecule has 0 heterocycles. The molecule has 32 heavy (non-hydrogen) atoms. The van der Waals surface area contributed by atoms with Crippen molar-refractivity contribution in [1.29, 1.82) is 0 Å². The van der Waals surface area contributed by atoms with E-state index in [0.29, 0.717) is 12.4 Å². The number of carbonyl (C=O) groups is 2. The second-order valence-corrected chi connectivity index (χ2v) is 6.85. The summed E-state index contributed by atoms with van der Waals surface area (Å²) in [6.07, 6.45) is 0. The fraction of sp³-hybridized carbons (Fsp3) is 0.0455. The lowest BCUT2D eigenvalue weighted by Crippen LogP contribution is -2.48. The zero-order valence-corrected chi connectivity index (χ0v) is 17.4. The first-order chi connectivity index (χ1) is 15.4. The third-order valence-corrected chi connectivity index (χ3v) is 4.43. The van der Waals surface area contributed by atoms with Crippen LogP contribution in [0.2, 0.25) is 0 Å². The predicted molar refractivity (Wildman–Crippen MR) is 121 cm³/mol. The second-order valence-electron chi connectivity index (χ2n) is 6.44. The lowest BCUT2D eigenvalue weighted by Gasteiger charge is -2.13. The summed E-state index contributed by atoms with van der Waals surface area (Å²) < 4.78 is 5.76. The smallest absolute Gasteiger partial charge is 0.273 e. The van der Waals surface area contributed by atoms with E-state index >= 15 is 0 Å². The first-order valence-corrected chi connectivity index (χ1v) is 9.77. The van der Waals surface area contributed by atoms with Crippen LogP contribution >= 0.6 is 12.2 Å². The van der Waals surface area contributed by atoms with Crippen molar-refractivity contribution in [2.75, 3.05) is 0 Å². The molecule has 0 saturated heterocycles. The molecule has 3 aromatic rings. The highest BCUT2D eigenvalue weighted by molar-refractivity contribution is 7.80. The van der Waals surface area contributed by atoms with Gasteiger partial charge in [-0.2, -0.15) is 0 Å². The summed E-state index contributed by atoms with van der Waals surface area (Å²) in [5.41, 5.74) is 6.12. The minimum Gasteiger partial charge on any atom is -0.488 e. The summed E-state index contributed by atoms with van der Waals surface area (Å²) in [7, 11) is 0. The number of hydrogen-bond donors (Lipinski definition) is 3. The van der Waals surface area contributed by atoms with Gasteiger partial charge in [-0.1, -0.05) is 42.5 Å². The van der Waals surface area contributed by atoms with Crippen molar-refractivity contribution in [3.05, 3.63) is 106 Å². The molecule has 0 aromatic heterocycles. The van der Waals surface area contributed by atoms with Gasteiger partial charge in [0.15, 0.2) is 5.11 Å². The zero-order chi connectivity index (χ0) is 22.9. The van der Waals surface area contributed by atoms with E-state index in [1.165, 1.54) is 24.3 Å². The molecule has 0 fully saturated rings.